The molecular weight excluding hydrogens is 332 g/mol. The minimum absolute atomic E-state index is 0.176. The highest BCUT2D eigenvalue weighted by Crippen LogP contribution is 2.40. The van der Waals surface area contributed by atoms with Crippen LogP contribution in [0.5, 0.6) is 0 Å². The highest BCUT2D eigenvalue weighted by molar-refractivity contribution is 5.86. The van der Waals surface area contributed by atoms with Crippen molar-refractivity contribution in [2.75, 3.05) is 39.9 Å². The Kier molecular flexibility index (Phi) is 6.29. The Hall–Kier alpha value is -1.89. The number of aromatic nitrogens is 2. The van der Waals surface area contributed by atoms with Gasteiger partial charge in [0.1, 0.15) is 0 Å². The molecule has 0 aliphatic carbocycles. The lowest BCUT2D eigenvalue weighted by molar-refractivity contribution is -0.146. The first kappa shape index (κ1) is 18.9. The molecule has 1 N–H and O–H groups in total. The van der Waals surface area contributed by atoms with Crippen LogP contribution in [0.25, 0.3) is 0 Å². The van der Waals surface area contributed by atoms with Crippen LogP contribution in [0.15, 0.2) is 12.4 Å². The van der Waals surface area contributed by atoms with E-state index >= 15 is 0 Å². The molecule has 0 saturated carbocycles. The molecule has 2 amide bonds. The largest absolute Gasteiger partial charge is 0.385 e. The normalized spacial score (nSPS) is 23.2. The first-order valence-electron chi connectivity index (χ1n) is 9.68. The van der Waals surface area contributed by atoms with Crippen LogP contribution >= 0.6 is 0 Å². The topological polar surface area (TPSA) is 78.5 Å². The summed E-state index contributed by atoms with van der Waals surface area (Å²) in [5, 5.41) is 6.72. The van der Waals surface area contributed by atoms with E-state index in [4.69, 9.17) is 4.74 Å². The van der Waals surface area contributed by atoms with Gasteiger partial charge in [0, 0.05) is 52.5 Å². The second kappa shape index (κ2) is 8.66. The van der Waals surface area contributed by atoms with E-state index in [-0.39, 0.29) is 17.2 Å². The van der Waals surface area contributed by atoms with Gasteiger partial charge in [-0.1, -0.05) is 0 Å². The molecule has 1 aromatic rings. The van der Waals surface area contributed by atoms with Gasteiger partial charge in [0.15, 0.2) is 0 Å². The van der Waals surface area contributed by atoms with Gasteiger partial charge in [0.05, 0.1) is 11.6 Å². The number of hydrogen-bond acceptors (Lipinski definition) is 4. The number of likely N-dealkylation sites (tertiary alicyclic amines) is 2. The maximum absolute atomic E-state index is 13.0. The van der Waals surface area contributed by atoms with Crippen molar-refractivity contribution in [3.63, 3.8) is 0 Å². The molecule has 0 radical (unpaired) electrons. The van der Waals surface area contributed by atoms with Crippen LogP contribution < -0.4 is 0 Å². The van der Waals surface area contributed by atoms with Gasteiger partial charge in [-0.3, -0.25) is 14.7 Å². The molecule has 1 atom stereocenters. The number of hydrogen-bond donors (Lipinski definition) is 1. The van der Waals surface area contributed by atoms with Crippen LogP contribution in [0, 0.1) is 5.41 Å². The summed E-state index contributed by atoms with van der Waals surface area (Å²) in [5.41, 5.74) is 0.788. The number of aryl methyl sites for hydroxylation is 1. The zero-order valence-electron chi connectivity index (χ0n) is 15.7. The van der Waals surface area contributed by atoms with Gasteiger partial charge in [-0.25, -0.2) is 0 Å². The van der Waals surface area contributed by atoms with Crippen molar-refractivity contribution < 1.29 is 14.3 Å². The number of methoxy groups -OCH3 is 1. The summed E-state index contributed by atoms with van der Waals surface area (Å²) in [6.45, 7) is 3.58. The summed E-state index contributed by atoms with van der Waals surface area (Å²) in [7, 11) is 1.69. The van der Waals surface area contributed by atoms with Crippen LogP contribution in [0.2, 0.25) is 0 Å². The number of carbonyl (C=O) groups is 2. The Bertz CT molecular complexity index is 604. The summed E-state index contributed by atoms with van der Waals surface area (Å²) in [5.74, 6) is 0.420. The van der Waals surface area contributed by atoms with Crippen molar-refractivity contribution in [2.45, 2.75) is 44.9 Å². The molecule has 3 heterocycles. The molecule has 0 unspecified atom stereocenters. The highest BCUT2D eigenvalue weighted by atomic mass is 16.5. The van der Waals surface area contributed by atoms with Crippen molar-refractivity contribution in [1.82, 2.24) is 20.0 Å². The van der Waals surface area contributed by atoms with Gasteiger partial charge >= 0.3 is 0 Å². The molecule has 2 aliphatic heterocycles. The van der Waals surface area contributed by atoms with E-state index in [0.29, 0.717) is 26.1 Å². The van der Waals surface area contributed by atoms with E-state index < -0.39 is 0 Å². The maximum Gasteiger partial charge on any atom is 0.230 e. The SMILES string of the molecule is COCCCN1CCC[C@@]2(CCN(C(=O)CCCc3cn[nH]c3)C2)C1=O. The van der Waals surface area contributed by atoms with E-state index in [1.54, 1.807) is 13.3 Å². The Morgan fingerprint density at radius 2 is 2.23 bits per heavy atom. The molecular formula is C19H30N4O3. The molecule has 2 saturated heterocycles. The first-order chi connectivity index (χ1) is 12.6. The van der Waals surface area contributed by atoms with Crippen LogP contribution in [-0.2, 0) is 20.7 Å². The summed E-state index contributed by atoms with van der Waals surface area (Å²) in [4.78, 5) is 29.5. The fourth-order valence-corrected chi connectivity index (χ4v) is 4.25. The summed E-state index contributed by atoms with van der Waals surface area (Å²) in [6.07, 6.45) is 9.49. The number of nitrogens with one attached hydrogen (secondary N) is 1. The Morgan fingerprint density at radius 3 is 3.00 bits per heavy atom. The first-order valence-corrected chi connectivity index (χ1v) is 9.68. The van der Waals surface area contributed by atoms with Gasteiger partial charge in [-0.05, 0) is 44.1 Å². The third kappa shape index (κ3) is 4.26. The second-order valence-electron chi connectivity index (χ2n) is 7.55. The standard InChI is InChI=1S/C19H30N4O3/c1-26-12-4-10-22-9-3-7-19(18(22)25)8-11-23(15-19)17(24)6-2-5-16-13-20-21-14-16/h13-14H,2-12,15H2,1H3,(H,20,21)/t19-/m0/s1. The second-order valence-corrected chi connectivity index (χ2v) is 7.55. The number of H-pyrrole nitrogens is 1. The van der Waals surface area contributed by atoms with E-state index in [2.05, 4.69) is 10.2 Å². The van der Waals surface area contributed by atoms with Gasteiger partial charge in [-0.15, -0.1) is 0 Å². The Morgan fingerprint density at radius 1 is 1.35 bits per heavy atom. The van der Waals surface area contributed by atoms with E-state index in [9.17, 15) is 9.59 Å². The molecule has 1 aromatic heterocycles. The van der Waals surface area contributed by atoms with Crippen molar-refractivity contribution >= 4 is 11.8 Å². The molecule has 7 nitrogen and oxygen atoms in total. The number of nitrogens with zero attached hydrogens (tertiary/aromatic N) is 3. The number of aromatic amines is 1. The average Bonchev–Trinajstić information content (AvgIpc) is 3.30. The van der Waals surface area contributed by atoms with Crippen molar-refractivity contribution in [2.24, 2.45) is 5.41 Å². The molecule has 0 bridgehead atoms. The molecule has 26 heavy (non-hydrogen) atoms. The van der Waals surface area contributed by atoms with Crippen LogP contribution in [0.4, 0.5) is 0 Å². The lowest BCUT2D eigenvalue weighted by atomic mass is 9.78. The predicted molar refractivity (Wildman–Crippen MR) is 97.5 cm³/mol. The molecule has 1 spiro atoms. The van der Waals surface area contributed by atoms with Crippen LogP contribution in [-0.4, -0.2) is 71.7 Å². The third-order valence-electron chi connectivity index (χ3n) is 5.72. The molecule has 144 valence electrons. The summed E-state index contributed by atoms with van der Waals surface area (Å²) < 4.78 is 5.10. The lowest BCUT2D eigenvalue weighted by Crippen LogP contribution is -2.50. The molecule has 2 aliphatic rings. The lowest BCUT2D eigenvalue weighted by Gasteiger charge is -2.39. The monoisotopic (exact) mass is 362 g/mol. The van der Waals surface area contributed by atoms with E-state index in [1.165, 1.54) is 0 Å². The highest BCUT2D eigenvalue weighted by Gasteiger charge is 2.49. The van der Waals surface area contributed by atoms with Crippen molar-refractivity contribution in [3.05, 3.63) is 18.0 Å². The van der Waals surface area contributed by atoms with Gasteiger partial charge in [0.2, 0.25) is 11.8 Å². The zero-order chi connectivity index (χ0) is 18.4. The quantitative estimate of drug-likeness (QED) is 0.713. The maximum atomic E-state index is 13.0. The van der Waals surface area contributed by atoms with Crippen molar-refractivity contribution in [1.29, 1.82) is 0 Å². The van der Waals surface area contributed by atoms with Gasteiger partial charge in [-0.2, -0.15) is 5.10 Å². The number of ether oxygens (including phenoxy) is 1. The van der Waals surface area contributed by atoms with E-state index in [0.717, 1.165) is 57.2 Å². The zero-order valence-corrected chi connectivity index (χ0v) is 15.7. The van der Waals surface area contributed by atoms with Crippen molar-refractivity contribution in [3.8, 4) is 0 Å². The third-order valence-corrected chi connectivity index (χ3v) is 5.72. The molecule has 0 aromatic carbocycles. The molecule has 7 heteroatoms. The molecule has 3 rings (SSSR count). The number of carbonyl (C=O) groups excluding carboxylic acids is 2. The Balaban J connectivity index is 1.49. The predicted octanol–water partition coefficient (Wildman–Crippen LogP) is 1.61. The Labute approximate surface area is 155 Å². The van der Waals surface area contributed by atoms with Crippen LogP contribution in [0.3, 0.4) is 0 Å². The number of rotatable bonds is 8. The fourth-order valence-electron chi connectivity index (χ4n) is 4.25. The number of piperidine rings is 1. The van der Waals surface area contributed by atoms with Gasteiger partial charge < -0.3 is 14.5 Å². The molecule has 2 fully saturated rings. The minimum atomic E-state index is -0.342. The fraction of sp³-hybridized carbons (Fsp3) is 0.737. The van der Waals surface area contributed by atoms with Gasteiger partial charge in [0.25, 0.3) is 0 Å². The van der Waals surface area contributed by atoms with E-state index in [1.807, 2.05) is 16.0 Å². The average molecular weight is 362 g/mol. The smallest absolute Gasteiger partial charge is 0.230 e. The summed E-state index contributed by atoms with van der Waals surface area (Å²) >= 11 is 0. The summed E-state index contributed by atoms with van der Waals surface area (Å²) in [6, 6.07) is 0. The van der Waals surface area contributed by atoms with Crippen LogP contribution in [0.1, 0.15) is 44.1 Å². The number of amides is 2. The minimum Gasteiger partial charge on any atom is -0.385 e.